The van der Waals surface area contributed by atoms with Gasteiger partial charge >= 0.3 is 0 Å². The van der Waals surface area contributed by atoms with Gasteiger partial charge in [0, 0.05) is 19.4 Å². The molecule has 1 fully saturated rings. The second-order valence-electron chi connectivity index (χ2n) is 6.68. The third kappa shape index (κ3) is 3.96. The van der Waals surface area contributed by atoms with E-state index in [1.807, 2.05) is 23.1 Å². The zero-order valence-electron chi connectivity index (χ0n) is 14.8. The average molecular weight is 406 g/mol. The largest absolute Gasteiger partial charge is 0.486 e. The third-order valence-corrected chi connectivity index (χ3v) is 6.21. The van der Waals surface area contributed by atoms with Crippen molar-refractivity contribution in [2.45, 2.75) is 31.7 Å². The molecule has 5 nitrogen and oxygen atoms in total. The Kier molecular flexibility index (Phi) is 5.36. The summed E-state index contributed by atoms with van der Waals surface area (Å²) in [5, 5.41) is 0. The zero-order chi connectivity index (χ0) is 18.8. The quantitative estimate of drug-likeness (QED) is 0.687. The Hall–Kier alpha value is -2.05. The minimum Gasteiger partial charge on any atom is -0.486 e. The maximum atomic E-state index is 12.8. The maximum absolute atomic E-state index is 12.8. The molecule has 3 heterocycles. The van der Waals surface area contributed by atoms with Crippen molar-refractivity contribution in [3.63, 3.8) is 0 Å². The number of halogens is 1. The zero-order valence-corrected chi connectivity index (χ0v) is 16.4. The summed E-state index contributed by atoms with van der Waals surface area (Å²) in [6.07, 6.45) is 2.30. The molecule has 142 valence electrons. The predicted molar refractivity (Wildman–Crippen MR) is 104 cm³/mol. The summed E-state index contributed by atoms with van der Waals surface area (Å²) in [5.41, 5.74) is 1.06. The number of hydrogen-bond donors (Lipinski definition) is 0. The molecule has 2 aliphatic heterocycles. The molecule has 0 bridgehead atoms. The molecule has 1 aromatic carbocycles. The van der Waals surface area contributed by atoms with Crippen LogP contribution in [-0.4, -0.2) is 36.3 Å². The summed E-state index contributed by atoms with van der Waals surface area (Å²) in [7, 11) is 0. The standard InChI is InChI=1S/C20H20ClNO4S/c21-19-7-6-18(27-19)15(23)4-8-20(24)22-9-1-2-14(22)13-3-5-16-17(12-13)26-11-10-25-16/h3,5-7,12,14H,1-2,4,8-11H2. The van der Waals surface area contributed by atoms with Gasteiger partial charge in [-0.15, -0.1) is 11.3 Å². The van der Waals surface area contributed by atoms with E-state index >= 15 is 0 Å². The van der Waals surface area contributed by atoms with Gasteiger partial charge in [-0.05, 0) is 42.7 Å². The fraction of sp³-hybridized carbons (Fsp3) is 0.400. The lowest BCUT2D eigenvalue weighted by atomic mass is 10.0. The van der Waals surface area contributed by atoms with E-state index in [2.05, 4.69) is 0 Å². The molecule has 7 heteroatoms. The first-order valence-corrected chi connectivity index (χ1v) is 10.3. The number of carbonyl (C=O) groups excluding carboxylic acids is 2. The fourth-order valence-corrected chi connectivity index (χ4v) is 4.64. The fourth-order valence-electron chi connectivity index (χ4n) is 3.63. The minimum absolute atomic E-state index is 0.0170. The Morgan fingerprint density at radius 3 is 2.70 bits per heavy atom. The molecule has 2 aromatic rings. The Morgan fingerprint density at radius 1 is 1.11 bits per heavy atom. The number of ketones is 1. The molecule has 0 aliphatic carbocycles. The molecule has 4 rings (SSSR count). The van der Waals surface area contributed by atoms with E-state index in [4.69, 9.17) is 21.1 Å². The number of likely N-dealkylation sites (tertiary alicyclic amines) is 1. The van der Waals surface area contributed by atoms with Gasteiger partial charge in [-0.1, -0.05) is 17.7 Å². The van der Waals surface area contributed by atoms with Crippen LogP contribution in [0.5, 0.6) is 11.5 Å². The van der Waals surface area contributed by atoms with Crippen LogP contribution in [0.4, 0.5) is 0 Å². The molecule has 0 spiro atoms. The first-order chi connectivity index (χ1) is 13.1. The van der Waals surface area contributed by atoms with Crippen LogP contribution in [0.15, 0.2) is 30.3 Å². The van der Waals surface area contributed by atoms with Crippen LogP contribution in [-0.2, 0) is 4.79 Å². The van der Waals surface area contributed by atoms with Crippen LogP contribution < -0.4 is 9.47 Å². The van der Waals surface area contributed by atoms with Crippen LogP contribution >= 0.6 is 22.9 Å². The normalized spacial score (nSPS) is 18.6. The van der Waals surface area contributed by atoms with Gasteiger partial charge in [0.2, 0.25) is 5.91 Å². The van der Waals surface area contributed by atoms with Crippen molar-refractivity contribution < 1.29 is 19.1 Å². The van der Waals surface area contributed by atoms with Crippen LogP contribution in [0.1, 0.15) is 47.0 Å². The molecule has 0 saturated carbocycles. The van der Waals surface area contributed by atoms with Gasteiger partial charge in [0.1, 0.15) is 13.2 Å². The third-order valence-electron chi connectivity index (χ3n) is 4.94. The topological polar surface area (TPSA) is 55.8 Å². The van der Waals surface area contributed by atoms with Crippen LogP contribution in [0, 0.1) is 0 Å². The summed E-state index contributed by atoms with van der Waals surface area (Å²) < 4.78 is 11.8. The van der Waals surface area contributed by atoms with E-state index < -0.39 is 0 Å². The maximum Gasteiger partial charge on any atom is 0.223 e. The summed E-state index contributed by atoms with van der Waals surface area (Å²) in [4.78, 5) is 27.5. The second-order valence-corrected chi connectivity index (χ2v) is 8.39. The predicted octanol–water partition coefficient (Wildman–Crippen LogP) is 4.50. The van der Waals surface area contributed by atoms with E-state index in [-0.39, 0.29) is 30.6 Å². The van der Waals surface area contributed by atoms with Crippen molar-refractivity contribution in [1.82, 2.24) is 4.90 Å². The molecule has 1 saturated heterocycles. The lowest BCUT2D eigenvalue weighted by molar-refractivity contribution is -0.132. The van der Waals surface area contributed by atoms with Crippen molar-refractivity contribution in [2.75, 3.05) is 19.8 Å². The molecule has 1 aromatic heterocycles. The average Bonchev–Trinajstić information content (AvgIpc) is 3.34. The highest BCUT2D eigenvalue weighted by atomic mass is 35.5. The highest BCUT2D eigenvalue weighted by Crippen LogP contribution is 2.38. The number of nitrogens with zero attached hydrogens (tertiary/aromatic N) is 1. The number of rotatable bonds is 5. The van der Waals surface area contributed by atoms with Crippen molar-refractivity contribution in [3.05, 3.63) is 45.1 Å². The van der Waals surface area contributed by atoms with Gasteiger partial charge in [0.25, 0.3) is 0 Å². The molecule has 0 radical (unpaired) electrons. The van der Waals surface area contributed by atoms with Crippen molar-refractivity contribution >= 4 is 34.6 Å². The number of thiophene rings is 1. The van der Waals surface area contributed by atoms with Crippen LogP contribution in [0.25, 0.3) is 0 Å². The Morgan fingerprint density at radius 2 is 1.93 bits per heavy atom. The summed E-state index contributed by atoms with van der Waals surface area (Å²) in [6.45, 7) is 1.82. The van der Waals surface area contributed by atoms with E-state index in [1.165, 1.54) is 11.3 Å². The monoisotopic (exact) mass is 405 g/mol. The highest BCUT2D eigenvalue weighted by Gasteiger charge is 2.31. The smallest absolute Gasteiger partial charge is 0.223 e. The van der Waals surface area contributed by atoms with E-state index in [9.17, 15) is 9.59 Å². The number of amides is 1. The molecule has 27 heavy (non-hydrogen) atoms. The lowest BCUT2D eigenvalue weighted by Gasteiger charge is -2.26. The van der Waals surface area contributed by atoms with Crippen molar-refractivity contribution in [3.8, 4) is 11.5 Å². The Labute approximate surface area is 166 Å². The molecular formula is C20H20ClNO4S. The second kappa shape index (κ2) is 7.90. The number of carbonyl (C=O) groups is 2. The van der Waals surface area contributed by atoms with E-state index in [1.54, 1.807) is 12.1 Å². The number of fused-ring (bicyclic) bond motifs is 1. The van der Waals surface area contributed by atoms with Gasteiger partial charge in [-0.2, -0.15) is 0 Å². The van der Waals surface area contributed by atoms with Crippen molar-refractivity contribution in [2.24, 2.45) is 0 Å². The van der Waals surface area contributed by atoms with Crippen LogP contribution in [0.3, 0.4) is 0 Å². The molecule has 0 N–H and O–H groups in total. The number of hydrogen-bond acceptors (Lipinski definition) is 5. The van der Waals surface area contributed by atoms with Gasteiger partial charge < -0.3 is 14.4 Å². The minimum atomic E-state index is -0.0321. The molecular weight excluding hydrogens is 386 g/mol. The van der Waals surface area contributed by atoms with Gasteiger partial charge in [-0.25, -0.2) is 0 Å². The molecule has 1 unspecified atom stereocenters. The van der Waals surface area contributed by atoms with E-state index in [0.29, 0.717) is 22.4 Å². The van der Waals surface area contributed by atoms with Gasteiger partial charge in [-0.3, -0.25) is 9.59 Å². The highest BCUT2D eigenvalue weighted by molar-refractivity contribution is 7.18. The van der Waals surface area contributed by atoms with Crippen LogP contribution in [0.2, 0.25) is 4.34 Å². The summed E-state index contributed by atoms with van der Waals surface area (Å²) >= 11 is 7.14. The SMILES string of the molecule is O=C(CCC(=O)N1CCCC1c1ccc2c(c1)OCCO2)c1ccc(Cl)s1. The number of Topliss-reactive ketones (excluding diaryl/α,β-unsaturated/α-hetero) is 1. The molecule has 1 atom stereocenters. The summed E-state index contributed by atoms with van der Waals surface area (Å²) in [6, 6.07) is 9.34. The first-order valence-electron chi connectivity index (χ1n) is 9.09. The van der Waals surface area contributed by atoms with Gasteiger partial charge in [0.05, 0.1) is 15.3 Å². The Bertz CT molecular complexity index is 865. The van der Waals surface area contributed by atoms with Crippen molar-refractivity contribution in [1.29, 1.82) is 0 Å². The molecule has 2 aliphatic rings. The van der Waals surface area contributed by atoms with Gasteiger partial charge in [0.15, 0.2) is 17.3 Å². The van der Waals surface area contributed by atoms with E-state index in [0.717, 1.165) is 36.4 Å². The molecule has 1 amide bonds. The number of ether oxygens (including phenoxy) is 2. The summed E-state index contributed by atoms with van der Waals surface area (Å²) in [5.74, 6) is 1.47. The number of benzene rings is 1. The lowest BCUT2D eigenvalue weighted by Crippen LogP contribution is -2.30. The first kappa shape index (κ1) is 18.3. The Balaban J connectivity index is 1.41.